The molecule has 0 saturated carbocycles. The second-order valence-electron chi connectivity index (χ2n) is 10.8. The van der Waals surface area contributed by atoms with Crippen molar-refractivity contribution in [3.8, 4) is 46.0 Å². The smallest absolute Gasteiger partial charge is 0.310 e. The van der Waals surface area contributed by atoms with E-state index in [-0.39, 0.29) is 41.0 Å². The van der Waals surface area contributed by atoms with Gasteiger partial charge in [0, 0.05) is 60.8 Å². The van der Waals surface area contributed by atoms with Gasteiger partial charge in [-0.15, -0.1) is 0 Å². The van der Waals surface area contributed by atoms with E-state index < -0.39 is 17.5 Å². The average Bonchev–Trinajstić information content (AvgIpc) is 3.13. The van der Waals surface area contributed by atoms with E-state index in [1.165, 1.54) is 30.8 Å². The number of benzene rings is 2. The number of ether oxygens (including phenoxy) is 2. The fraction of sp³-hybridized carbons (Fsp3) is 0.206. The number of halogens is 1. The van der Waals surface area contributed by atoms with Crippen LogP contribution in [0.1, 0.15) is 35.4 Å². The highest BCUT2D eigenvalue weighted by molar-refractivity contribution is 5.95. The van der Waals surface area contributed by atoms with E-state index in [9.17, 15) is 29.6 Å². The van der Waals surface area contributed by atoms with Gasteiger partial charge in [0.25, 0.3) is 6.47 Å². The molecule has 0 unspecified atom stereocenters. The summed E-state index contributed by atoms with van der Waals surface area (Å²) < 4.78 is 24.5. The molecule has 4 N–H and O–H groups in total. The predicted molar refractivity (Wildman–Crippen MR) is 172 cm³/mol. The highest BCUT2D eigenvalue weighted by Gasteiger charge is 2.24. The number of nitrogens with one attached hydrogen (secondary N) is 2. The number of hydroxylamine groups is 1. The fourth-order valence-corrected chi connectivity index (χ4v) is 5.36. The molecular weight excluding hydrogens is 635 g/mol. The Morgan fingerprint density at radius 2 is 1.80 bits per heavy atom. The summed E-state index contributed by atoms with van der Waals surface area (Å²) in [5.74, 6) is -1.48. The van der Waals surface area contributed by atoms with E-state index >= 15 is 0 Å². The van der Waals surface area contributed by atoms with Crippen molar-refractivity contribution in [3.05, 3.63) is 88.9 Å². The topological polar surface area (TPSA) is 207 Å². The van der Waals surface area contributed by atoms with Gasteiger partial charge in [-0.25, -0.2) is 24.8 Å². The lowest BCUT2D eigenvalue weighted by Gasteiger charge is -2.34. The number of pyridine rings is 1. The Hall–Kier alpha value is -6.42. The second kappa shape index (κ2) is 15.4. The third kappa shape index (κ3) is 7.77. The van der Waals surface area contributed by atoms with Gasteiger partial charge in [0.1, 0.15) is 17.7 Å². The normalized spacial score (nSPS) is 13.2. The third-order valence-corrected chi connectivity index (χ3v) is 7.86. The number of amides is 1. The molecule has 2 aromatic carbocycles. The molecule has 4 aromatic rings. The number of piperidine rings is 1. The number of anilines is 1. The lowest BCUT2D eigenvalue weighted by Crippen LogP contribution is -2.42. The van der Waals surface area contributed by atoms with Crippen molar-refractivity contribution >= 4 is 24.3 Å². The minimum absolute atomic E-state index is 0.0443. The maximum atomic E-state index is 14.8. The van der Waals surface area contributed by atoms with Crippen LogP contribution in [0.25, 0.3) is 28.5 Å². The van der Waals surface area contributed by atoms with Gasteiger partial charge < -0.3 is 24.8 Å². The number of hydrogen-bond acceptors (Lipinski definition) is 13. The van der Waals surface area contributed by atoms with E-state index in [0.717, 1.165) is 24.5 Å². The van der Waals surface area contributed by atoms with Crippen LogP contribution in [-0.2, 0) is 20.9 Å². The number of aromatic nitrogens is 3. The first-order valence-electron chi connectivity index (χ1n) is 14.9. The minimum Gasteiger partial charge on any atom is -0.504 e. The molecule has 0 radical (unpaired) electrons. The number of nitriles is 2. The van der Waals surface area contributed by atoms with Gasteiger partial charge in [-0.05, 0) is 48.7 Å². The maximum absolute atomic E-state index is 14.8. The van der Waals surface area contributed by atoms with Gasteiger partial charge in [-0.1, -0.05) is 12.1 Å². The monoisotopic (exact) mass is 664 g/mol. The highest BCUT2D eigenvalue weighted by atomic mass is 19.1. The zero-order valence-corrected chi connectivity index (χ0v) is 26.1. The van der Waals surface area contributed by atoms with E-state index in [1.54, 1.807) is 36.7 Å². The summed E-state index contributed by atoms with van der Waals surface area (Å²) in [5.41, 5.74) is 3.86. The first-order valence-corrected chi connectivity index (χ1v) is 14.9. The maximum Gasteiger partial charge on any atom is 0.310 e. The summed E-state index contributed by atoms with van der Waals surface area (Å²) >= 11 is 0. The summed E-state index contributed by atoms with van der Waals surface area (Å²) in [5, 5.41) is 42.2. The molecule has 5 rings (SSSR count). The van der Waals surface area contributed by atoms with Crippen molar-refractivity contribution in [3.63, 3.8) is 0 Å². The molecular formula is C34H29FN8O6. The second-order valence-corrected chi connectivity index (χ2v) is 10.8. The fourth-order valence-electron chi connectivity index (χ4n) is 5.36. The Morgan fingerprint density at radius 1 is 1.08 bits per heavy atom. The zero-order chi connectivity index (χ0) is 34.9. The first-order chi connectivity index (χ1) is 23.8. The van der Waals surface area contributed by atoms with E-state index in [0.29, 0.717) is 47.8 Å². The first kappa shape index (κ1) is 33.9. The molecule has 0 aliphatic carbocycles. The van der Waals surface area contributed by atoms with Crippen LogP contribution < -0.4 is 20.4 Å². The molecule has 1 aliphatic rings. The lowest BCUT2D eigenvalue weighted by molar-refractivity contribution is -0.135. The summed E-state index contributed by atoms with van der Waals surface area (Å²) in [6.45, 7) is 1.71. The number of hydrogen-bond donors (Lipinski definition) is 4. The predicted octanol–water partition coefficient (Wildman–Crippen LogP) is 3.58. The lowest BCUT2D eigenvalue weighted by atomic mass is 9.94. The number of methoxy groups -OCH3 is 1. The van der Waals surface area contributed by atoms with Crippen LogP contribution in [0.2, 0.25) is 0 Å². The molecule has 49 heavy (non-hydrogen) atoms. The van der Waals surface area contributed by atoms with E-state index in [1.807, 2.05) is 11.0 Å². The van der Waals surface area contributed by atoms with Crippen LogP contribution in [-0.4, -0.2) is 63.9 Å². The van der Waals surface area contributed by atoms with Gasteiger partial charge in [-0.3, -0.25) is 14.8 Å². The number of nitrogens with zero attached hydrogens (tertiary/aromatic N) is 6. The Labute approximate surface area is 279 Å². The van der Waals surface area contributed by atoms with Crippen LogP contribution in [0.15, 0.2) is 60.6 Å². The quantitative estimate of drug-likeness (QED) is 0.0595. The zero-order valence-electron chi connectivity index (χ0n) is 26.1. The van der Waals surface area contributed by atoms with Gasteiger partial charge in [0.15, 0.2) is 17.3 Å². The number of phenolic OH excluding ortho intramolecular Hbond substituents is 1. The van der Waals surface area contributed by atoms with Crippen molar-refractivity contribution in [2.45, 2.75) is 25.4 Å². The van der Waals surface area contributed by atoms with Gasteiger partial charge in [0.2, 0.25) is 5.76 Å². The molecule has 1 amide bonds. The van der Waals surface area contributed by atoms with Crippen molar-refractivity contribution in [2.75, 3.05) is 25.1 Å². The molecule has 14 nitrogen and oxygen atoms in total. The molecule has 1 aliphatic heterocycles. The molecule has 0 atom stereocenters. The highest BCUT2D eigenvalue weighted by Crippen LogP contribution is 2.40. The number of phenols is 1. The number of carbonyl (C=O) groups is 2. The summed E-state index contributed by atoms with van der Waals surface area (Å²) in [6, 6.07) is 14.7. The van der Waals surface area contributed by atoms with Gasteiger partial charge in [0.05, 0.1) is 30.0 Å². The van der Waals surface area contributed by atoms with Gasteiger partial charge in [-0.2, -0.15) is 10.5 Å². The Morgan fingerprint density at radius 3 is 2.41 bits per heavy atom. The third-order valence-electron chi connectivity index (χ3n) is 7.86. The van der Waals surface area contributed by atoms with Crippen molar-refractivity contribution in [2.24, 2.45) is 0 Å². The molecule has 0 bridgehead atoms. The molecule has 15 heteroatoms. The number of carbonyl (C=O) groups excluding carboxylic acids is 2. The Bertz CT molecular complexity index is 1980. The minimum atomic E-state index is -1.03. The van der Waals surface area contributed by atoms with Crippen molar-refractivity contribution in [1.29, 1.82) is 10.5 Å². The van der Waals surface area contributed by atoms with Crippen molar-refractivity contribution in [1.82, 2.24) is 25.7 Å². The summed E-state index contributed by atoms with van der Waals surface area (Å²) in [4.78, 5) is 37.5. The largest absolute Gasteiger partial charge is 0.504 e. The van der Waals surface area contributed by atoms with Crippen LogP contribution >= 0.6 is 0 Å². The molecule has 2 aromatic heterocycles. The standard InChI is InChI=1S/C34H29FN8O6/c1-48-28-5-4-21(11-27(28)45)32-24(15-37)12-31(41-33(32)22-2-3-23(14-36)26(35)10-22)43-8-6-25(7-9-43)38-16-20-17-39-30(40-18-20)13-29(49-19-44)34(46)42-47/h2-5,10-13,17-19,25,38,45,47H,6-9,16H2,1H3,(H,42,46)/b29-13+. The molecule has 1 saturated heterocycles. The number of rotatable bonds is 11. The summed E-state index contributed by atoms with van der Waals surface area (Å²) in [7, 11) is 1.43. The molecule has 248 valence electrons. The van der Waals surface area contributed by atoms with Crippen LogP contribution in [0.4, 0.5) is 10.2 Å². The Kier molecular flexibility index (Phi) is 10.7. The number of aromatic hydroxyl groups is 1. The van der Waals surface area contributed by atoms with Crippen molar-refractivity contribution < 1.29 is 33.8 Å². The van der Waals surface area contributed by atoms with E-state index in [2.05, 4.69) is 26.1 Å². The summed E-state index contributed by atoms with van der Waals surface area (Å²) in [6.07, 6.45) is 5.70. The van der Waals surface area contributed by atoms with Gasteiger partial charge >= 0.3 is 5.91 Å². The van der Waals surface area contributed by atoms with Crippen LogP contribution in [0.5, 0.6) is 11.5 Å². The molecule has 0 spiro atoms. The average molecular weight is 665 g/mol. The van der Waals surface area contributed by atoms with Crippen LogP contribution in [0, 0.1) is 28.5 Å². The SMILES string of the molecule is COc1ccc(-c2c(C#N)cc(N3CCC(NCc4cnc(/C=C(/OC=O)C(=O)NO)nc4)CC3)nc2-c2ccc(C#N)c(F)c2)cc1O. The molecule has 3 heterocycles. The molecule has 1 fully saturated rings. The van der Waals surface area contributed by atoms with E-state index in [4.69, 9.17) is 14.9 Å². The Balaban J connectivity index is 1.34. The van der Waals surface area contributed by atoms with Crippen LogP contribution in [0.3, 0.4) is 0 Å².